The van der Waals surface area contributed by atoms with Crippen molar-refractivity contribution < 1.29 is 18.8 Å². The lowest BCUT2D eigenvalue weighted by Crippen LogP contribution is -2.51. The summed E-state index contributed by atoms with van der Waals surface area (Å²) in [5.41, 5.74) is 0. The van der Waals surface area contributed by atoms with Gasteiger partial charge in [0.2, 0.25) is 0 Å². The Labute approximate surface area is 170 Å². The first kappa shape index (κ1) is 25.3. The Morgan fingerprint density at radius 3 is 1.72 bits per heavy atom. The smallest absolute Gasteiger partial charge is 0.306 e. The van der Waals surface area contributed by atoms with E-state index in [4.69, 9.17) is 8.85 Å². The van der Waals surface area contributed by atoms with E-state index in [0.717, 1.165) is 0 Å². The van der Waals surface area contributed by atoms with Crippen LogP contribution in [0.4, 0.5) is 0 Å². The number of carboxylic acids is 1. The van der Waals surface area contributed by atoms with Crippen LogP contribution in [0.2, 0.25) is 36.3 Å². The summed E-state index contributed by atoms with van der Waals surface area (Å²) in [6.07, 6.45) is 1.08. The second-order valence-electron chi connectivity index (χ2n) is 9.68. The molecule has 0 aliphatic rings. The molecule has 0 amide bonds. The third-order valence-corrected chi connectivity index (χ3v) is 14.9. The zero-order chi connectivity index (χ0) is 20.3. The monoisotopic (exact) mass is 500 g/mol. The summed E-state index contributed by atoms with van der Waals surface area (Å²) in [5, 5.41) is 9.49. The van der Waals surface area contributed by atoms with Crippen LogP contribution in [0.15, 0.2) is 10.2 Å². The van der Waals surface area contributed by atoms with Gasteiger partial charge in [-0.3, -0.25) is 4.79 Å². The molecule has 0 aromatic carbocycles. The molecule has 0 aromatic rings. The summed E-state index contributed by atoms with van der Waals surface area (Å²) in [7, 11) is -4.16. The Morgan fingerprint density at radius 2 is 1.40 bits per heavy atom. The molecule has 25 heavy (non-hydrogen) atoms. The van der Waals surface area contributed by atoms with E-state index in [9.17, 15) is 9.90 Å². The Kier molecular flexibility index (Phi) is 9.09. The van der Waals surface area contributed by atoms with Gasteiger partial charge in [-0.2, -0.15) is 0 Å². The molecule has 0 rings (SSSR count). The lowest BCUT2D eigenvalue weighted by atomic mass is 10.1. The van der Waals surface area contributed by atoms with Crippen LogP contribution in [0.3, 0.4) is 0 Å². The first-order valence-electron chi connectivity index (χ1n) is 8.79. The number of aliphatic carboxylic acids is 1. The fourth-order valence-corrected chi connectivity index (χ4v) is 4.78. The van der Waals surface area contributed by atoms with Crippen LogP contribution in [0.1, 0.15) is 48.0 Å². The number of hydrogen-bond acceptors (Lipinski definition) is 3. The van der Waals surface area contributed by atoms with Crippen molar-refractivity contribution >= 4 is 45.2 Å². The van der Waals surface area contributed by atoms with Crippen molar-refractivity contribution in [1.82, 2.24) is 0 Å². The quantitative estimate of drug-likeness (QED) is 0.319. The van der Waals surface area contributed by atoms with Crippen LogP contribution in [-0.4, -0.2) is 39.9 Å². The molecule has 0 heterocycles. The second-order valence-corrected chi connectivity index (χ2v) is 19.9. The first-order valence-corrected chi connectivity index (χ1v) is 15.8. The van der Waals surface area contributed by atoms with Crippen molar-refractivity contribution in [2.24, 2.45) is 0 Å². The predicted molar refractivity (Wildman–Crippen MR) is 120 cm³/mol. The fourth-order valence-electron chi connectivity index (χ4n) is 1.78. The summed E-state index contributed by atoms with van der Waals surface area (Å²) < 4.78 is 14.9. The maximum atomic E-state index is 11.5. The summed E-state index contributed by atoms with van der Waals surface area (Å²) in [6.45, 7) is 21.7. The average Bonchev–Trinajstić information content (AvgIpc) is 2.33. The van der Waals surface area contributed by atoms with Gasteiger partial charge in [-0.05, 0) is 46.4 Å². The lowest BCUT2D eigenvalue weighted by Gasteiger charge is -2.44. The van der Waals surface area contributed by atoms with Crippen molar-refractivity contribution in [3.8, 4) is 0 Å². The fraction of sp³-hybridized carbons (Fsp3) is 0.833. The van der Waals surface area contributed by atoms with Crippen LogP contribution in [0.25, 0.3) is 0 Å². The van der Waals surface area contributed by atoms with Gasteiger partial charge in [0.25, 0.3) is 0 Å². The minimum atomic E-state index is -2.11. The molecule has 0 spiro atoms. The van der Waals surface area contributed by atoms with Gasteiger partial charge < -0.3 is 14.0 Å². The van der Waals surface area contributed by atoms with Crippen LogP contribution >= 0.6 is 22.6 Å². The molecule has 148 valence electrons. The first-order chi connectivity index (χ1) is 10.9. The van der Waals surface area contributed by atoms with Crippen LogP contribution < -0.4 is 0 Å². The van der Waals surface area contributed by atoms with Crippen molar-refractivity contribution in [3.05, 3.63) is 10.2 Å². The molecule has 4 nitrogen and oxygen atoms in total. The van der Waals surface area contributed by atoms with E-state index in [-0.39, 0.29) is 22.6 Å². The molecular weight excluding hydrogens is 463 g/mol. The molecule has 1 N–H and O–H groups in total. The average molecular weight is 501 g/mol. The van der Waals surface area contributed by atoms with Crippen molar-refractivity contribution in [2.75, 3.05) is 0 Å². The van der Waals surface area contributed by atoms with Crippen LogP contribution in [0.5, 0.6) is 0 Å². The van der Waals surface area contributed by atoms with E-state index < -0.39 is 28.7 Å². The summed E-state index contributed by atoms with van der Waals surface area (Å²) in [6, 6.07) is 0. The van der Waals surface area contributed by atoms with Gasteiger partial charge in [-0.25, -0.2) is 0 Å². The molecule has 0 bridgehead atoms. The number of hydrogen-bond donors (Lipinski definition) is 1. The zero-order valence-corrected chi connectivity index (χ0v) is 21.7. The van der Waals surface area contributed by atoms with E-state index in [1.54, 1.807) is 0 Å². The molecule has 0 saturated carbocycles. The van der Waals surface area contributed by atoms with Gasteiger partial charge in [0.05, 0.1) is 18.6 Å². The Balaban J connectivity index is 5.73. The highest BCUT2D eigenvalue weighted by Crippen LogP contribution is 2.41. The number of halogens is 1. The van der Waals surface area contributed by atoms with Crippen LogP contribution in [0, 0.1) is 0 Å². The molecule has 0 aliphatic heterocycles. The number of rotatable bonds is 8. The molecule has 0 aromatic heterocycles. The van der Waals surface area contributed by atoms with Crippen molar-refractivity contribution in [3.63, 3.8) is 0 Å². The zero-order valence-electron chi connectivity index (χ0n) is 17.6. The molecule has 2 atom stereocenters. The molecule has 0 saturated heterocycles. The Hall–Kier alpha value is 0.294. The van der Waals surface area contributed by atoms with Gasteiger partial charge in [0, 0.05) is 0 Å². The second kappa shape index (κ2) is 8.99. The maximum Gasteiger partial charge on any atom is 0.306 e. The summed E-state index contributed by atoms with van der Waals surface area (Å²) >= 11 is 2.16. The minimum Gasteiger partial charge on any atom is -0.481 e. The van der Waals surface area contributed by atoms with Gasteiger partial charge >= 0.3 is 5.97 Å². The van der Waals surface area contributed by atoms with E-state index in [1.807, 2.05) is 10.2 Å². The molecule has 0 fully saturated rings. The predicted octanol–water partition coefficient (Wildman–Crippen LogP) is 6.19. The van der Waals surface area contributed by atoms with Gasteiger partial charge in [0.1, 0.15) is 0 Å². The van der Waals surface area contributed by atoms with Crippen molar-refractivity contribution in [2.45, 2.75) is 96.4 Å². The largest absolute Gasteiger partial charge is 0.481 e. The SMILES string of the molecule is CC(C)(C)[Si](C)(C)O[C@@H](/C=C/I)[C@H](CC(=O)O)O[Si](C)(C)C(C)(C)C. The minimum absolute atomic E-state index is 0.0132. The highest BCUT2D eigenvalue weighted by Gasteiger charge is 2.44. The highest BCUT2D eigenvalue weighted by molar-refractivity contribution is 14.1. The Morgan fingerprint density at radius 1 is 1.00 bits per heavy atom. The topological polar surface area (TPSA) is 55.8 Å². The standard InChI is InChI=1S/C18H37IO4Si2/c1-17(2,3)24(7,8)22-14(11-12-19)15(13-16(20)21)23-25(9,10)18(4,5)6/h11-12,14-15H,13H2,1-10H3,(H,20,21)/b12-11+/t14-,15-/m0/s1. The van der Waals surface area contributed by atoms with Gasteiger partial charge in [-0.1, -0.05) is 64.1 Å². The summed E-state index contributed by atoms with van der Waals surface area (Å²) in [5.74, 6) is -0.852. The normalized spacial score (nSPS) is 16.9. The van der Waals surface area contributed by atoms with E-state index in [0.29, 0.717) is 0 Å². The lowest BCUT2D eigenvalue weighted by molar-refractivity contribution is -0.140. The maximum absolute atomic E-state index is 11.5. The third kappa shape index (κ3) is 7.82. The third-order valence-electron chi connectivity index (χ3n) is 5.49. The van der Waals surface area contributed by atoms with Gasteiger partial charge in [0.15, 0.2) is 16.6 Å². The van der Waals surface area contributed by atoms with E-state index in [1.165, 1.54) is 0 Å². The highest BCUT2D eigenvalue weighted by atomic mass is 127. The molecule has 7 heteroatoms. The molecule has 0 radical (unpaired) electrons. The van der Waals surface area contributed by atoms with Crippen molar-refractivity contribution in [1.29, 1.82) is 0 Å². The molecule has 0 unspecified atom stereocenters. The van der Waals surface area contributed by atoms with Gasteiger partial charge in [-0.15, -0.1) is 0 Å². The molecular formula is C18H37IO4Si2. The van der Waals surface area contributed by atoms with E-state index >= 15 is 0 Å². The van der Waals surface area contributed by atoms with E-state index in [2.05, 4.69) is 90.3 Å². The number of carbonyl (C=O) groups is 1. The Bertz CT molecular complexity index is 476. The number of carboxylic acid groups (broad SMARTS) is 1. The molecule has 0 aliphatic carbocycles. The van der Waals surface area contributed by atoms with Crippen LogP contribution in [-0.2, 0) is 13.6 Å². The summed E-state index contributed by atoms with van der Waals surface area (Å²) in [4.78, 5) is 11.5.